The monoisotopic (exact) mass is 274 g/mol. The molecule has 4 nitrogen and oxygen atoms in total. The Balaban J connectivity index is 2.88. The molecule has 0 saturated heterocycles. The predicted octanol–water partition coefficient (Wildman–Crippen LogP) is 2.03. The summed E-state index contributed by atoms with van der Waals surface area (Å²) >= 11 is 0. The van der Waals surface area contributed by atoms with Crippen LogP contribution in [0, 0.1) is 0 Å². The van der Waals surface area contributed by atoms with E-state index in [2.05, 4.69) is 5.32 Å². The van der Waals surface area contributed by atoms with Gasteiger partial charge in [0.05, 0.1) is 17.7 Å². The quantitative estimate of drug-likeness (QED) is 0.863. The van der Waals surface area contributed by atoms with E-state index in [-0.39, 0.29) is 5.69 Å². The van der Waals surface area contributed by atoms with Gasteiger partial charge in [-0.25, -0.2) is 8.78 Å². The molecule has 108 valence electrons. The molecule has 0 fully saturated rings. The van der Waals surface area contributed by atoms with Crippen molar-refractivity contribution in [1.29, 1.82) is 0 Å². The van der Waals surface area contributed by atoms with Crippen molar-refractivity contribution in [2.24, 2.45) is 0 Å². The lowest BCUT2D eigenvalue weighted by molar-refractivity contribution is -0.00317. The van der Waals surface area contributed by atoms with E-state index in [0.717, 1.165) is 0 Å². The molecule has 0 aliphatic rings. The molecule has 0 aliphatic heterocycles. The van der Waals surface area contributed by atoms with Crippen LogP contribution in [0.5, 0.6) is 0 Å². The smallest absolute Gasteiger partial charge is 0.268 e. The maximum Gasteiger partial charge on any atom is 0.268 e. The number of aliphatic hydroxyl groups is 1. The van der Waals surface area contributed by atoms with Crippen molar-refractivity contribution < 1.29 is 18.7 Å². The summed E-state index contributed by atoms with van der Waals surface area (Å²) in [7, 11) is 0. The minimum atomic E-state index is -2.53. The Morgan fingerprint density at radius 3 is 2.47 bits per heavy atom. The Bertz CT molecular complexity index is 448. The van der Waals surface area contributed by atoms with Crippen LogP contribution in [0.4, 0.5) is 8.78 Å². The Hall–Kier alpha value is -1.43. The SMILES string of the molecule is CC(C)(O)C(C)(C)NC(=O)c1cccn1CC(F)F. The average molecular weight is 274 g/mol. The number of alkyl halides is 2. The maximum absolute atomic E-state index is 12.4. The zero-order chi connectivity index (χ0) is 14.8. The standard InChI is InChI=1S/C13H20F2N2O2/c1-12(2,13(3,4)19)16-11(18)9-6-5-7-17(9)8-10(14)15/h5-7,10,19H,8H2,1-4H3,(H,16,18). The zero-order valence-electron chi connectivity index (χ0n) is 11.6. The molecular formula is C13H20F2N2O2. The Kier molecular flexibility index (Phi) is 4.35. The number of nitrogens with one attached hydrogen (secondary N) is 1. The normalized spacial score (nSPS) is 12.8. The number of halogens is 2. The number of carbonyl (C=O) groups excluding carboxylic acids is 1. The summed E-state index contributed by atoms with van der Waals surface area (Å²) in [6, 6.07) is 3.01. The van der Waals surface area contributed by atoms with Crippen LogP contribution in [0.1, 0.15) is 38.2 Å². The summed E-state index contributed by atoms with van der Waals surface area (Å²) in [5.74, 6) is -0.488. The van der Waals surface area contributed by atoms with E-state index < -0.39 is 30.0 Å². The summed E-state index contributed by atoms with van der Waals surface area (Å²) < 4.78 is 25.9. The Morgan fingerprint density at radius 2 is 2.00 bits per heavy atom. The van der Waals surface area contributed by atoms with E-state index in [1.54, 1.807) is 27.7 Å². The van der Waals surface area contributed by atoms with E-state index in [0.29, 0.717) is 0 Å². The minimum Gasteiger partial charge on any atom is -0.388 e. The molecule has 1 rings (SSSR count). The first-order valence-corrected chi connectivity index (χ1v) is 6.03. The molecule has 0 aliphatic carbocycles. The van der Waals surface area contributed by atoms with Gasteiger partial charge in [-0.3, -0.25) is 4.79 Å². The van der Waals surface area contributed by atoms with Crippen molar-refractivity contribution in [3.8, 4) is 0 Å². The molecule has 1 heterocycles. The van der Waals surface area contributed by atoms with Crippen molar-refractivity contribution in [3.63, 3.8) is 0 Å². The van der Waals surface area contributed by atoms with Crippen LogP contribution >= 0.6 is 0 Å². The topological polar surface area (TPSA) is 54.3 Å². The molecular weight excluding hydrogens is 254 g/mol. The van der Waals surface area contributed by atoms with Gasteiger partial charge >= 0.3 is 0 Å². The van der Waals surface area contributed by atoms with Crippen molar-refractivity contribution in [2.45, 2.75) is 51.8 Å². The fourth-order valence-electron chi connectivity index (χ4n) is 1.43. The van der Waals surface area contributed by atoms with Gasteiger partial charge in [0.25, 0.3) is 12.3 Å². The second kappa shape index (κ2) is 5.28. The van der Waals surface area contributed by atoms with Crippen LogP contribution in [0.2, 0.25) is 0 Å². The third kappa shape index (κ3) is 3.76. The summed E-state index contributed by atoms with van der Waals surface area (Å²) in [6.07, 6.45) is -1.10. The molecule has 19 heavy (non-hydrogen) atoms. The van der Waals surface area contributed by atoms with Gasteiger partial charge in [0, 0.05) is 6.20 Å². The van der Waals surface area contributed by atoms with Gasteiger partial charge in [-0.2, -0.15) is 0 Å². The molecule has 0 bridgehead atoms. The van der Waals surface area contributed by atoms with Crippen LogP contribution in [-0.2, 0) is 6.54 Å². The minimum absolute atomic E-state index is 0.151. The number of carbonyl (C=O) groups is 1. The fourth-order valence-corrected chi connectivity index (χ4v) is 1.43. The van der Waals surface area contributed by atoms with E-state index in [9.17, 15) is 18.7 Å². The van der Waals surface area contributed by atoms with E-state index in [1.165, 1.54) is 22.9 Å². The second-order valence-electron chi connectivity index (χ2n) is 5.58. The molecule has 1 amide bonds. The number of amides is 1. The molecule has 0 saturated carbocycles. The van der Waals surface area contributed by atoms with Gasteiger partial charge in [0.15, 0.2) is 0 Å². The first-order chi connectivity index (χ1) is 8.54. The van der Waals surface area contributed by atoms with Crippen LogP contribution in [0.25, 0.3) is 0 Å². The van der Waals surface area contributed by atoms with Gasteiger partial charge in [0.1, 0.15) is 5.69 Å². The number of aromatic nitrogens is 1. The van der Waals surface area contributed by atoms with Gasteiger partial charge in [-0.15, -0.1) is 0 Å². The van der Waals surface area contributed by atoms with Gasteiger partial charge in [-0.1, -0.05) is 0 Å². The summed E-state index contributed by atoms with van der Waals surface area (Å²) in [5, 5.41) is 12.6. The van der Waals surface area contributed by atoms with Crippen molar-refractivity contribution >= 4 is 5.91 Å². The third-order valence-electron chi connectivity index (χ3n) is 3.35. The van der Waals surface area contributed by atoms with Gasteiger partial charge < -0.3 is 15.0 Å². The average Bonchev–Trinajstić information content (AvgIpc) is 2.62. The van der Waals surface area contributed by atoms with Crippen LogP contribution in [0.15, 0.2) is 18.3 Å². The number of rotatable bonds is 5. The lowest BCUT2D eigenvalue weighted by Gasteiger charge is -2.38. The van der Waals surface area contributed by atoms with Crippen molar-refractivity contribution in [3.05, 3.63) is 24.0 Å². The van der Waals surface area contributed by atoms with Crippen molar-refractivity contribution in [1.82, 2.24) is 9.88 Å². The fraction of sp³-hybridized carbons (Fsp3) is 0.615. The van der Waals surface area contributed by atoms with Gasteiger partial charge in [-0.05, 0) is 39.8 Å². The molecule has 1 aromatic rings. The molecule has 2 N–H and O–H groups in total. The number of nitrogens with zero attached hydrogens (tertiary/aromatic N) is 1. The molecule has 0 unspecified atom stereocenters. The summed E-state index contributed by atoms with van der Waals surface area (Å²) in [6.45, 7) is 5.96. The predicted molar refractivity (Wildman–Crippen MR) is 68.3 cm³/mol. The third-order valence-corrected chi connectivity index (χ3v) is 3.35. The van der Waals surface area contributed by atoms with Crippen molar-refractivity contribution in [2.75, 3.05) is 0 Å². The number of hydrogen-bond donors (Lipinski definition) is 2. The molecule has 1 aromatic heterocycles. The van der Waals surface area contributed by atoms with E-state index in [4.69, 9.17) is 0 Å². The lowest BCUT2D eigenvalue weighted by Crippen LogP contribution is -2.57. The molecule has 0 aromatic carbocycles. The summed E-state index contributed by atoms with van der Waals surface area (Å²) in [4.78, 5) is 12.1. The largest absolute Gasteiger partial charge is 0.388 e. The molecule has 0 spiro atoms. The molecule has 0 atom stereocenters. The first kappa shape index (κ1) is 15.6. The first-order valence-electron chi connectivity index (χ1n) is 6.03. The second-order valence-corrected chi connectivity index (χ2v) is 5.58. The highest BCUT2D eigenvalue weighted by Gasteiger charge is 2.36. The van der Waals surface area contributed by atoms with Crippen LogP contribution < -0.4 is 5.32 Å². The van der Waals surface area contributed by atoms with E-state index in [1.807, 2.05) is 0 Å². The van der Waals surface area contributed by atoms with Gasteiger partial charge in [0.2, 0.25) is 0 Å². The Morgan fingerprint density at radius 1 is 1.42 bits per heavy atom. The van der Waals surface area contributed by atoms with Crippen LogP contribution in [0.3, 0.4) is 0 Å². The van der Waals surface area contributed by atoms with Crippen LogP contribution in [-0.4, -0.2) is 33.1 Å². The number of hydrogen-bond acceptors (Lipinski definition) is 2. The summed E-state index contributed by atoms with van der Waals surface area (Å²) in [5.41, 5.74) is -1.87. The zero-order valence-corrected chi connectivity index (χ0v) is 11.6. The Labute approximate surface area is 111 Å². The highest BCUT2D eigenvalue weighted by Crippen LogP contribution is 2.21. The highest BCUT2D eigenvalue weighted by molar-refractivity contribution is 5.93. The maximum atomic E-state index is 12.4. The lowest BCUT2D eigenvalue weighted by atomic mass is 9.86. The molecule has 6 heteroatoms. The highest BCUT2D eigenvalue weighted by atomic mass is 19.3. The molecule has 0 radical (unpaired) electrons. The van der Waals surface area contributed by atoms with E-state index >= 15 is 0 Å².